The van der Waals surface area contributed by atoms with Crippen LogP contribution in [-0.4, -0.2) is 46.5 Å². The fourth-order valence-electron chi connectivity index (χ4n) is 1.63. The molecule has 0 aromatic carbocycles. The normalized spacial score (nSPS) is 21.8. The van der Waals surface area contributed by atoms with Gasteiger partial charge in [-0.15, -0.1) is 10.2 Å². The Morgan fingerprint density at radius 2 is 2.67 bits per heavy atom. The van der Waals surface area contributed by atoms with E-state index < -0.39 is 0 Å². The van der Waals surface area contributed by atoms with Gasteiger partial charge in [0.1, 0.15) is 6.33 Å². The molecule has 15 heavy (non-hydrogen) atoms. The van der Waals surface area contributed by atoms with E-state index in [1.54, 1.807) is 13.4 Å². The minimum absolute atomic E-state index is 0.336. The van der Waals surface area contributed by atoms with Gasteiger partial charge in [0.2, 0.25) is 0 Å². The van der Waals surface area contributed by atoms with Gasteiger partial charge in [-0.05, 0) is 0 Å². The van der Waals surface area contributed by atoms with E-state index >= 15 is 0 Å². The predicted octanol–water partition coefficient (Wildman–Crippen LogP) is 0.302. The quantitative estimate of drug-likeness (QED) is 0.803. The van der Waals surface area contributed by atoms with Gasteiger partial charge in [0.05, 0.1) is 12.6 Å². The zero-order valence-electron chi connectivity index (χ0n) is 8.85. The smallest absolute Gasteiger partial charge is 0.150 e. The summed E-state index contributed by atoms with van der Waals surface area (Å²) < 4.78 is 7.12. The van der Waals surface area contributed by atoms with Crippen LogP contribution >= 0.6 is 11.8 Å². The number of thioether (sulfide) groups is 1. The summed E-state index contributed by atoms with van der Waals surface area (Å²) in [7, 11) is 1.71. The van der Waals surface area contributed by atoms with Crippen molar-refractivity contribution in [3.05, 3.63) is 12.2 Å². The Labute approximate surface area is 93.6 Å². The highest BCUT2D eigenvalue weighted by atomic mass is 32.2. The molecule has 0 aliphatic carbocycles. The minimum atomic E-state index is 0.336. The molecule has 1 aliphatic heterocycles. The molecule has 2 rings (SSSR count). The largest absolute Gasteiger partial charge is 0.383 e. The second-order valence-corrected chi connectivity index (χ2v) is 4.61. The number of nitrogens with zero attached hydrogens (tertiary/aromatic N) is 3. The minimum Gasteiger partial charge on any atom is -0.383 e. The van der Waals surface area contributed by atoms with E-state index in [0.717, 1.165) is 24.7 Å². The standard InChI is InChI=1S/C9H16N4OS/c1-14-4-3-13-7-11-12-9(13)8-6-15-5-2-10-8/h7-8,10H,2-6H2,1H3. The van der Waals surface area contributed by atoms with Crippen LogP contribution in [0.25, 0.3) is 0 Å². The van der Waals surface area contributed by atoms with E-state index in [2.05, 4.69) is 20.1 Å². The zero-order valence-corrected chi connectivity index (χ0v) is 9.66. The van der Waals surface area contributed by atoms with Crippen LogP contribution in [0.15, 0.2) is 6.33 Å². The Morgan fingerprint density at radius 3 is 3.40 bits per heavy atom. The molecule has 1 unspecified atom stereocenters. The van der Waals surface area contributed by atoms with E-state index in [0.29, 0.717) is 12.6 Å². The summed E-state index contributed by atoms with van der Waals surface area (Å²) in [5, 5.41) is 11.6. The van der Waals surface area contributed by atoms with E-state index in [1.165, 1.54) is 5.75 Å². The first-order valence-corrected chi connectivity index (χ1v) is 6.25. The third kappa shape index (κ3) is 2.70. The lowest BCUT2D eigenvalue weighted by atomic mass is 10.3. The molecule has 1 N–H and O–H groups in total. The molecule has 2 heterocycles. The van der Waals surface area contributed by atoms with Crippen molar-refractivity contribution in [2.24, 2.45) is 0 Å². The maximum Gasteiger partial charge on any atom is 0.150 e. The van der Waals surface area contributed by atoms with Crippen molar-refractivity contribution in [1.82, 2.24) is 20.1 Å². The lowest BCUT2D eigenvalue weighted by molar-refractivity contribution is 0.185. The number of aromatic nitrogens is 3. The van der Waals surface area contributed by atoms with Gasteiger partial charge in [-0.1, -0.05) is 0 Å². The number of rotatable bonds is 4. The van der Waals surface area contributed by atoms with Crippen molar-refractivity contribution in [3.63, 3.8) is 0 Å². The fourth-order valence-corrected chi connectivity index (χ4v) is 2.56. The molecule has 84 valence electrons. The van der Waals surface area contributed by atoms with Gasteiger partial charge >= 0.3 is 0 Å². The molecular formula is C9H16N4OS. The monoisotopic (exact) mass is 228 g/mol. The summed E-state index contributed by atoms with van der Waals surface area (Å²) in [6, 6.07) is 0.336. The fraction of sp³-hybridized carbons (Fsp3) is 0.778. The number of hydrogen-bond acceptors (Lipinski definition) is 5. The van der Waals surface area contributed by atoms with Crippen molar-refractivity contribution >= 4 is 11.8 Å². The summed E-state index contributed by atoms with van der Waals surface area (Å²) in [4.78, 5) is 0. The molecule has 1 aromatic rings. The van der Waals surface area contributed by atoms with Crippen LogP contribution in [0.4, 0.5) is 0 Å². The van der Waals surface area contributed by atoms with Crippen LogP contribution in [0.1, 0.15) is 11.9 Å². The van der Waals surface area contributed by atoms with Gasteiger partial charge < -0.3 is 14.6 Å². The van der Waals surface area contributed by atoms with Crippen molar-refractivity contribution in [2.75, 3.05) is 31.8 Å². The third-order valence-corrected chi connectivity index (χ3v) is 3.48. The Bertz CT molecular complexity index is 298. The highest BCUT2D eigenvalue weighted by Crippen LogP contribution is 2.19. The van der Waals surface area contributed by atoms with Crippen LogP contribution < -0.4 is 5.32 Å². The number of nitrogens with one attached hydrogen (secondary N) is 1. The molecule has 0 bridgehead atoms. The average Bonchev–Trinajstić information content (AvgIpc) is 2.75. The molecule has 0 radical (unpaired) electrons. The van der Waals surface area contributed by atoms with E-state index in [4.69, 9.17) is 4.74 Å². The molecular weight excluding hydrogens is 212 g/mol. The Balaban J connectivity index is 2.02. The molecule has 0 spiro atoms. The lowest BCUT2D eigenvalue weighted by Gasteiger charge is -2.22. The van der Waals surface area contributed by atoms with Crippen LogP contribution in [0.3, 0.4) is 0 Å². The summed E-state index contributed by atoms with van der Waals surface area (Å²) in [5.74, 6) is 3.29. The lowest BCUT2D eigenvalue weighted by Crippen LogP contribution is -2.32. The highest BCUT2D eigenvalue weighted by molar-refractivity contribution is 7.99. The average molecular weight is 228 g/mol. The second-order valence-electron chi connectivity index (χ2n) is 3.46. The van der Waals surface area contributed by atoms with Crippen LogP contribution in [0.5, 0.6) is 0 Å². The SMILES string of the molecule is COCCn1cnnc1C1CSCCN1. The van der Waals surface area contributed by atoms with Crippen LogP contribution in [0.2, 0.25) is 0 Å². The molecule has 0 amide bonds. The molecule has 1 fully saturated rings. The maximum atomic E-state index is 5.06. The van der Waals surface area contributed by atoms with Crippen molar-refractivity contribution in [3.8, 4) is 0 Å². The van der Waals surface area contributed by atoms with Gasteiger partial charge in [-0.25, -0.2) is 0 Å². The molecule has 1 aromatic heterocycles. The van der Waals surface area contributed by atoms with E-state index in [1.807, 2.05) is 11.8 Å². The molecule has 1 atom stereocenters. The molecule has 5 nitrogen and oxygen atoms in total. The topological polar surface area (TPSA) is 52.0 Å². The van der Waals surface area contributed by atoms with E-state index in [-0.39, 0.29) is 0 Å². The summed E-state index contributed by atoms with van der Waals surface area (Å²) in [5.41, 5.74) is 0. The first-order valence-electron chi connectivity index (χ1n) is 5.09. The Kier molecular flexibility index (Phi) is 3.99. The summed E-state index contributed by atoms with van der Waals surface area (Å²) >= 11 is 1.96. The zero-order chi connectivity index (χ0) is 10.5. The van der Waals surface area contributed by atoms with Crippen molar-refractivity contribution in [2.45, 2.75) is 12.6 Å². The summed E-state index contributed by atoms with van der Waals surface area (Å²) in [6.45, 7) is 2.57. The highest BCUT2D eigenvalue weighted by Gasteiger charge is 2.20. The van der Waals surface area contributed by atoms with Crippen LogP contribution in [-0.2, 0) is 11.3 Å². The maximum absolute atomic E-state index is 5.06. The Morgan fingerprint density at radius 1 is 1.73 bits per heavy atom. The Hall–Kier alpha value is -0.590. The van der Waals surface area contributed by atoms with Gasteiger partial charge in [0, 0.05) is 31.7 Å². The van der Waals surface area contributed by atoms with Gasteiger partial charge in [-0.3, -0.25) is 0 Å². The summed E-state index contributed by atoms with van der Waals surface area (Å²) in [6.07, 6.45) is 1.77. The van der Waals surface area contributed by atoms with E-state index in [9.17, 15) is 0 Å². The second kappa shape index (κ2) is 5.48. The first-order chi connectivity index (χ1) is 7.42. The van der Waals surface area contributed by atoms with Gasteiger partial charge in [0.25, 0.3) is 0 Å². The molecule has 1 saturated heterocycles. The first kappa shape index (κ1) is 10.9. The third-order valence-electron chi connectivity index (χ3n) is 2.42. The van der Waals surface area contributed by atoms with Crippen LogP contribution in [0, 0.1) is 0 Å². The van der Waals surface area contributed by atoms with Crippen molar-refractivity contribution < 1.29 is 4.74 Å². The number of methoxy groups -OCH3 is 1. The number of hydrogen-bond donors (Lipinski definition) is 1. The van der Waals surface area contributed by atoms with Crippen molar-refractivity contribution in [1.29, 1.82) is 0 Å². The number of ether oxygens (including phenoxy) is 1. The van der Waals surface area contributed by atoms with Gasteiger partial charge in [0.15, 0.2) is 5.82 Å². The predicted molar refractivity (Wildman–Crippen MR) is 60.0 cm³/mol. The molecule has 1 aliphatic rings. The van der Waals surface area contributed by atoms with Gasteiger partial charge in [-0.2, -0.15) is 11.8 Å². The molecule has 6 heteroatoms. The molecule has 0 saturated carbocycles.